The van der Waals surface area contributed by atoms with E-state index in [0.29, 0.717) is 15.7 Å². The van der Waals surface area contributed by atoms with E-state index in [0.717, 1.165) is 10.9 Å². The predicted molar refractivity (Wildman–Crippen MR) is 75.3 cm³/mol. The topological polar surface area (TPSA) is 36.0 Å². The molecule has 4 heteroatoms. The number of aromatic amines is 1. The predicted octanol–water partition coefficient (Wildman–Crippen LogP) is 4.42. The molecule has 2 rings (SSSR count). The third-order valence-electron chi connectivity index (χ3n) is 3.05. The zero-order valence-corrected chi connectivity index (χ0v) is 12.5. The van der Waals surface area contributed by atoms with Crippen LogP contribution < -0.4 is 0 Å². The molecule has 0 radical (unpaired) electrons. The van der Waals surface area contributed by atoms with Crippen molar-refractivity contribution in [2.45, 2.75) is 39.2 Å². The van der Waals surface area contributed by atoms with Crippen LogP contribution in [0.25, 0.3) is 10.9 Å². The van der Waals surface area contributed by atoms with Gasteiger partial charge in [-0.05, 0) is 37.5 Å². The van der Waals surface area contributed by atoms with Crippen molar-refractivity contribution in [1.29, 1.82) is 0 Å². The van der Waals surface area contributed by atoms with Crippen molar-refractivity contribution in [1.82, 2.24) is 4.98 Å². The highest BCUT2D eigenvalue weighted by Gasteiger charge is 2.26. The van der Waals surface area contributed by atoms with E-state index in [9.17, 15) is 9.50 Å². The standard InChI is InChI=1S/C14H17BrFNO/c1-7(2)11-9-5-8(15)6-10(16)12(9)17-13(11)14(3,4)18/h5-7,17-18H,1-4H3. The number of aromatic nitrogens is 1. The van der Waals surface area contributed by atoms with Gasteiger partial charge in [-0.2, -0.15) is 0 Å². The molecule has 0 unspecified atom stereocenters. The first-order valence-corrected chi connectivity index (χ1v) is 6.74. The van der Waals surface area contributed by atoms with Gasteiger partial charge < -0.3 is 10.1 Å². The van der Waals surface area contributed by atoms with Gasteiger partial charge >= 0.3 is 0 Å². The highest BCUT2D eigenvalue weighted by atomic mass is 79.9. The second-order valence-corrected chi connectivity index (χ2v) is 6.35. The molecule has 0 saturated heterocycles. The summed E-state index contributed by atoms with van der Waals surface area (Å²) in [7, 11) is 0. The van der Waals surface area contributed by atoms with E-state index in [1.54, 1.807) is 13.8 Å². The first kappa shape index (κ1) is 13.6. The summed E-state index contributed by atoms with van der Waals surface area (Å²) in [4.78, 5) is 3.04. The lowest BCUT2D eigenvalue weighted by molar-refractivity contribution is 0.0734. The number of hydrogen-bond acceptors (Lipinski definition) is 1. The minimum absolute atomic E-state index is 0.203. The maximum Gasteiger partial charge on any atom is 0.148 e. The van der Waals surface area contributed by atoms with Crippen LogP contribution in [0.5, 0.6) is 0 Å². The average molecular weight is 314 g/mol. The van der Waals surface area contributed by atoms with Gasteiger partial charge in [-0.15, -0.1) is 0 Å². The SMILES string of the molecule is CC(C)c1c(C(C)(C)O)[nH]c2c(F)cc(Br)cc12. The molecule has 1 aromatic carbocycles. The zero-order chi connectivity index (χ0) is 13.7. The minimum atomic E-state index is -1.02. The number of rotatable bonds is 2. The molecule has 2 N–H and O–H groups in total. The van der Waals surface area contributed by atoms with Crippen molar-refractivity contribution < 1.29 is 9.50 Å². The maximum absolute atomic E-state index is 13.9. The molecule has 0 atom stereocenters. The summed E-state index contributed by atoms with van der Waals surface area (Å²) in [6.45, 7) is 7.49. The molecule has 2 nitrogen and oxygen atoms in total. The normalized spacial score (nSPS) is 12.7. The Morgan fingerprint density at radius 2 is 1.94 bits per heavy atom. The number of aliphatic hydroxyl groups is 1. The molecular formula is C14H17BrFNO. The van der Waals surface area contributed by atoms with Crippen LogP contribution in [-0.2, 0) is 5.60 Å². The number of H-pyrrole nitrogens is 1. The van der Waals surface area contributed by atoms with Gasteiger partial charge in [0.1, 0.15) is 5.82 Å². The largest absolute Gasteiger partial charge is 0.384 e. The van der Waals surface area contributed by atoms with Gasteiger partial charge in [0.25, 0.3) is 0 Å². The third kappa shape index (κ3) is 2.19. The summed E-state index contributed by atoms with van der Waals surface area (Å²) < 4.78 is 14.7. The summed E-state index contributed by atoms with van der Waals surface area (Å²) in [5.74, 6) is -0.106. The van der Waals surface area contributed by atoms with Gasteiger partial charge in [-0.1, -0.05) is 29.8 Å². The van der Waals surface area contributed by atoms with Crippen molar-refractivity contribution in [3.05, 3.63) is 33.7 Å². The first-order valence-electron chi connectivity index (χ1n) is 5.95. The van der Waals surface area contributed by atoms with Crippen molar-refractivity contribution >= 4 is 26.8 Å². The summed E-state index contributed by atoms with van der Waals surface area (Å²) >= 11 is 3.31. The Morgan fingerprint density at radius 1 is 1.33 bits per heavy atom. The van der Waals surface area contributed by atoms with Crippen LogP contribution in [0, 0.1) is 5.82 Å². The van der Waals surface area contributed by atoms with E-state index in [1.165, 1.54) is 6.07 Å². The summed E-state index contributed by atoms with van der Waals surface area (Å²) in [5.41, 5.74) is 1.10. The fourth-order valence-corrected chi connectivity index (χ4v) is 2.75. The fourth-order valence-electron chi connectivity index (χ4n) is 2.32. The summed E-state index contributed by atoms with van der Waals surface area (Å²) in [6, 6.07) is 3.32. The molecule has 0 saturated carbocycles. The Labute approximate surface area is 114 Å². The Hall–Kier alpha value is -0.870. The monoisotopic (exact) mass is 313 g/mol. The van der Waals surface area contributed by atoms with Crippen molar-refractivity contribution in [3.8, 4) is 0 Å². The van der Waals surface area contributed by atoms with E-state index in [2.05, 4.69) is 20.9 Å². The molecule has 0 spiro atoms. The number of hydrogen-bond donors (Lipinski definition) is 2. The molecule has 0 aliphatic rings. The number of nitrogens with one attached hydrogen (secondary N) is 1. The van der Waals surface area contributed by atoms with E-state index in [1.807, 2.05) is 19.9 Å². The fraction of sp³-hybridized carbons (Fsp3) is 0.429. The second-order valence-electron chi connectivity index (χ2n) is 5.44. The number of halogens is 2. The molecule has 0 aliphatic heterocycles. The maximum atomic E-state index is 13.9. The van der Waals surface area contributed by atoms with E-state index >= 15 is 0 Å². The van der Waals surface area contributed by atoms with Crippen molar-refractivity contribution in [2.24, 2.45) is 0 Å². The van der Waals surface area contributed by atoms with Gasteiger partial charge in [0.15, 0.2) is 0 Å². The van der Waals surface area contributed by atoms with Crippen molar-refractivity contribution in [3.63, 3.8) is 0 Å². The van der Waals surface area contributed by atoms with Gasteiger partial charge in [-0.25, -0.2) is 4.39 Å². The van der Waals surface area contributed by atoms with Crippen LogP contribution in [0.15, 0.2) is 16.6 Å². The zero-order valence-electron chi connectivity index (χ0n) is 10.9. The van der Waals surface area contributed by atoms with Gasteiger partial charge in [0.2, 0.25) is 0 Å². The molecular weight excluding hydrogens is 297 g/mol. The highest BCUT2D eigenvalue weighted by Crippen LogP contribution is 2.37. The lowest BCUT2D eigenvalue weighted by Crippen LogP contribution is -2.18. The quantitative estimate of drug-likeness (QED) is 0.846. The molecule has 0 fully saturated rings. The third-order valence-corrected chi connectivity index (χ3v) is 3.51. The van der Waals surface area contributed by atoms with E-state index in [4.69, 9.17) is 0 Å². The van der Waals surface area contributed by atoms with Crippen molar-refractivity contribution in [2.75, 3.05) is 0 Å². The van der Waals surface area contributed by atoms with Crippen LogP contribution in [0.1, 0.15) is 44.9 Å². The smallest absolute Gasteiger partial charge is 0.148 e. The Kier molecular flexibility index (Phi) is 3.28. The van der Waals surface area contributed by atoms with E-state index < -0.39 is 5.60 Å². The number of fused-ring (bicyclic) bond motifs is 1. The van der Waals surface area contributed by atoms with Crippen LogP contribution in [0.3, 0.4) is 0 Å². The average Bonchev–Trinajstić information content (AvgIpc) is 2.55. The van der Waals surface area contributed by atoms with Gasteiger partial charge in [0.05, 0.1) is 16.8 Å². The molecule has 0 bridgehead atoms. The highest BCUT2D eigenvalue weighted by molar-refractivity contribution is 9.10. The molecule has 1 heterocycles. The first-order chi connectivity index (χ1) is 8.21. The Bertz CT molecular complexity index is 596. The second kappa shape index (κ2) is 4.35. The minimum Gasteiger partial charge on any atom is -0.384 e. The number of benzene rings is 1. The van der Waals surface area contributed by atoms with Gasteiger partial charge in [-0.3, -0.25) is 0 Å². The van der Waals surface area contributed by atoms with Crippen LogP contribution in [-0.4, -0.2) is 10.1 Å². The summed E-state index contributed by atoms with van der Waals surface area (Å²) in [6.07, 6.45) is 0. The molecule has 18 heavy (non-hydrogen) atoms. The molecule has 1 aromatic heterocycles. The summed E-state index contributed by atoms with van der Waals surface area (Å²) in [5, 5.41) is 11.0. The van der Waals surface area contributed by atoms with E-state index in [-0.39, 0.29) is 11.7 Å². The molecule has 0 amide bonds. The molecule has 0 aliphatic carbocycles. The van der Waals surface area contributed by atoms with Gasteiger partial charge in [0, 0.05) is 9.86 Å². The molecule has 98 valence electrons. The van der Waals surface area contributed by atoms with Crippen LogP contribution >= 0.6 is 15.9 Å². The van der Waals surface area contributed by atoms with Crippen LogP contribution in [0.2, 0.25) is 0 Å². The lowest BCUT2D eigenvalue weighted by Gasteiger charge is -2.19. The lowest BCUT2D eigenvalue weighted by atomic mass is 9.92. The Morgan fingerprint density at radius 3 is 2.44 bits per heavy atom. The van der Waals surface area contributed by atoms with Crippen LogP contribution in [0.4, 0.5) is 4.39 Å². The molecule has 2 aromatic rings. The Balaban J connectivity index is 2.89.